The number of hydrogen-bond donors (Lipinski definition) is 1. The molecule has 1 heterocycles. The van der Waals surface area contributed by atoms with Crippen LogP contribution in [0.25, 0.3) is 10.2 Å². The van der Waals surface area contributed by atoms with E-state index >= 15 is 0 Å². The van der Waals surface area contributed by atoms with E-state index in [0.717, 1.165) is 21.6 Å². The van der Waals surface area contributed by atoms with Crippen LogP contribution in [0.4, 0.5) is 0 Å². The van der Waals surface area contributed by atoms with Crippen molar-refractivity contribution in [2.75, 3.05) is 6.61 Å². The number of ketones is 1. The second kappa shape index (κ2) is 9.52. The number of carbonyl (C=O) groups excluding carboxylic acids is 1. The normalized spacial score (nSPS) is 11.4. The maximum atomic E-state index is 12.7. The number of benzene rings is 3. The molecule has 0 atom stereocenters. The molecule has 0 radical (unpaired) electrons. The summed E-state index contributed by atoms with van der Waals surface area (Å²) in [5.74, 6) is -0.153. The van der Waals surface area contributed by atoms with Crippen molar-refractivity contribution in [1.29, 1.82) is 0 Å². The summed E-state index contributed by atoms with van der Waals surface area (Å²) >= 11 is 1.10. The van der Waals surface area contributed by atoms with E-state index in [1.165, 1.54) is 13.8 Å². The van der Waals surface area contributed by atoms with Crippen LogP contribution in [0.1, 0.15) is 29.8 Å². The molecule has 34 heavy (non-hydrogen) atoms. The van der Waals surface area contributed by atoms with Crippen molar-refractivity contribution < 1.29 is 24.2 Å². The van der Waals surface area contributed by atoms with Gasteiger partial charge in [-0.05, 0) is 56.3 Å². The third-order valence-electron chi connectivity index (χ3n) is 5.26. The van der Waals surface area contributed by atoms with Crippen LogP contribution in [0.15, 0.2) is 77.6 Å². The lowest BCUT2D eigenvalue weighted by Gasteiger charge is -2.21. The van der Waals surface area contributed by atoms with Gasteiger partial charge in [0.05, 0.1) is 16.8 Å². The van der Waals surface area contributed by atoms with Gasteiger partial charge in [0.1, 0.15) is 18.1 Å². The van der Waals surface area contributed by atoms with Gasteiger partial charge in [-0.2, -0.15) is 0 Å². The first-order chi connectivity index (χ1) is 16.2. The highest BCUT2D eigenvalue weighted by Crippen LogP contribution is 2.23. The molecule has 0 aliphatic rings. The third-order valence-corrected chi connectivity index (χ3v) is 6.20. The average Bonchev–Trinajstić information content (AvgIpc) is 3.14. The molecule has 3 aromatic carbocycles. The zero-order valence-electron chi connectivity index (χ0n) is 18.7. The van der Waals surface area contributed by atoms with Gasteiger partial charge in [-0.25, -0.2) is 4.79 Å². The van der Waals surface area contributed by atoms with E-state index in [9.17, 15) is 14.4 Å². The van der Waals surface area contributed by atoms with Crippen molar-refractivity contribution in [3.8, 4) is 11.5 Å². The Balaban J connectivity index is 1.42. The number of carboxylic acids is 1. The zero-order valence-corrected chi connectivity index (χ0v) is 19.5. The van der Waals surface area contributed by atoms with E-state index < -0.39 is 11.6 Å². The molecule has 0 aliphatic carbocycles. The standard InChI is InChI=1S/C26H23NO6S/c1-26(2,24(29)30)33-20-11-9-19(10-12-20)32-15-14-27-21-13-8-18(16-22(21)34-25(27)31)23(28)17-6-4-3-5-7-17/h3-13,16H,14-15H2,1-2H3,(H,29,30). The number of thiazole rings is 1. The monoisotopic (exact) mass is 477 g/mol. The van der Waals surface area contributed by atoms with Crippen LogP contribution in [0, 0.1) is 0 Å². The first kappa shape index (κ1) is 23.3. The summed E-state index contributed by atoms with van der Waals surface area (Å²) < 4.78 is 13.6. The fraction of sp³-hybridized carbons (Fsp3) is 0.192. The molecule has 0 saturated carbocycles. The Kier molecular flexibility index (Phi) is 6.51. The van der Waals surface area contributed by atoms with E-state index in [0.29, 0.717) is 29.2 Å². The van der Waals surface area contributed by atoms with Gasteiger partial charge in [-0.1, -0.05) is 41.7 Å². The SMILES string of the molecule is CC(C)(Oc1ccc(OCCn2c(=O)sc3cc(C(=O)c4ccccc4)ccc32)cc1)C(=O)O. The Bertz CT molecular complexity index is 1390. The van der Waals surface area contributed by atoms with E-state index in [-0.39, 0.29) is 17.3 Å². The maximum Gasteiger partial charge on any atom is 0.347 e. The highest BCUT2D eigenvalue weighted by Gasteiger charge is 2.29. The Hall–Kier alpha value is -3.91. The van der Waals surface area contributed by atoms with E-state index in [1.54, 1.807) is 59.2 Å². The van der Waals surface area contributed by atoms with E-state index in [2.05, 4.69) is 0 Å². The van der Waals surface area contributed by atoms with Gasteiger partial charge in [0, 0.05) is 11.1 Å². The quantitative estimate of drug-likeness (QED) is 0.354. The Morgan fingerprint density at radius 1 is 0.941 bits per heavy atom. The number of carboxylic acid groups (broad SMARTS) is 1. The Labute approximate surface area is 199 Å². The molecule has 4 aromatic rings. The summed E-state index contributed by atoms with van der Waals surface area (Å²) in [7, 11) is 0. The van der Waals surface area contributed by atoms with Gasteiger partial charge in [-0.3, -0.25) is 14.2 Å². The molecule has 8 heteroatoms. The van der Waals surface area contributed by atoms with E-state index in [1.807, 2.05) is 18.2 Å². The number of nitrogens with zero attached hydrogens (tertiary/aromatic N) is 1. The summed E-state index contributed by atoms with van der Waals surface area (Å²) in [6.07, 6.45) is 0. The van der Waals surface area contributed by atoms with Crippen LogP contribution in [-0.4, -0.2) is 33.6 Å². The molecule has 0 spiro atoms. The predicted octanol–water partition coefficient (Wildman–Crippen LogP) is 4.62. The van der Waals surface area contributed by atoms with Crippen molar-refractivity contribution in [1.82, 2.24) is 4.57 Å². The summed E-state index contributed by atoms with van der Waals surface area (Å²) in [5, 5.41) is 9.16. The van der Waals surface area contributed by atoms with Gasteiger partial charge < -0.3 is 14.6 Å². The molecule has 0 bridgehead atoms. The molecular formula is C26H23NO6S. The number of fused-ring (bicyclic) bond motifs is 1. The second-order valence-electron chi connectivity index (χ2n) is 8.13. The molecule has 7 nitrogen and oxygen atoms in total. The van der Waals surface area contributed by atoms with Crippen molar-refractivity contribution in [2.45, 2.75) is 26.0 Å². The number of aromatic nitrogens is 1. The van der Waals surface area contributed by atoms with Gasteiger partial charge in [0.2, 0.25) is 0 Å². The van der Waals surface area contributed by atoms with Crippen LogP contribution in [0.5, 0.6) is 11.5 Å². The van der Waals surface area contributed by atoms with Crippen molar-refractivity contribution in [2.24, 2.45) is 0 Å². The molecule has 174 valence electrons. The minimum absolute atomic E-state index is 0.0857. The summed E-state index contributed by atoms with van der Waals surface area (Å²) in [6, 6.07) is 20.9. The van der Waals surface area contributed by atoms with Crippen LogP contribution in [-0.2, 0) is 11.3 Å². The van der Waals surface area contributed by atoms with Gasteiger partial charge >= 0.3 is 10.8 Å². The molecule has 0 aliphatic heterocycles. The van der Waals surface area contributed by atoms with Crippen molar-refractivity contribution >= 4 is 33.3 Å². The minimum Gasteiger partial charge on any atom is -0.492 e. The highest BCUT2D eigenvalue weighted by atomic mass is 32.1. The molecule has 0 unspecified atom stereocenters. The molecule has 1 aromatic heterocycles. The lowest BCUT2D eigenvalue weighted by Crippen LogP contribution is -2.37. The number of aliphatic carboxylic acids is 1. The van der Waals surface area contributed by atoms with Gasteiger partial charge in [0.15, 0.2) is 11.4 Å². The number of carbonyl (C=O) groups is 2. The Morgan fingerprint density at radius 3 is 2.29 bits per heavy atom. The molecule has 0 saturated heterocycles. The fourth-order valence-corrected chi connectivity index (χ4v) is 4.33. The maximum absolute atomic E-state index is 12.7. The van der Waals surface area contributed by atoms with Crippen LogP contribution < -0.4 is 14.3 Å². The third kappa shape index (κ3) is 5.02. The Morgan fingerprint density at radius 2 is 1.62 bits per heavy atom. The second-order valence-corrected chi connectivity index (χ2v) is 9.13. The fourth-order valence-electron chi connectivity index (χ4n) is 3.37. The van der Waals surface area contributed by atoms with Gasteiger partial charge in [-0.15, -0.1) is 0 Å². The smallest absolute Gasteiger partial charge is 0.347 e. The number of ether oxygens (including phenoxy) is 2. The molecule has 1 N–H and O–H groups in total. The van der Waals surface area contributed by atoms with E-state index in [4.69, 9.17) is 14.6 Å². The average molecular weight is 478 g/mol. The van der Waals surface area contributed by atoms with Crippen LogP contribution in [0.3, 0.4) is 0 Å². The molecule has 0 fully saturated rings. The molecule has 0 amide bonds. The first-order valence-electron chi connectivity index (χ1n) is 10.6. The van der Waals surface area contributed by atoms with Crippen LogP contribution in [0.2, 0.25) is 0 Å². The van der Waals surface area contributed by atoms with Crippen LogP contribution >= 0.6 is 11.3 Å². The van der Waals surface area contributed by atoms with Gasteiger partial charge in [0.25, 0.3) is 0 Å². The lowest BCUT2D eigenvalue weighted by atomic mass is 10.0. The largest absolute Gasteiger partial charge is 0.492 e. The number of hydrogen-bond acceptors (Lipinski definition) is 6. The highest BCUT2D eigenvalue weighted by molar-refractivity contribution is 7.16. The molecule has 4 rings (SSSR count). The van der Waals surface area contributed by atoms with Crippen molar-refractivity contribution in [3.05, 3.63) is 93.6 Å². The van der Waals surface area contributed by atoms with Crippen molar-refractivity contribution in [3.63, 3.8) is 0 Å². The topological polar surface area (TPSA) is 94.8 Å². The zero-order chi connectivity index (χ0) is 24.3. The minimum atomic E-state index is -1.34. The summed E-state index contributed by atoms with van der Waals surface area (Å²) in [4.78, 5) is 36.3. The summed E-state index contributed by atoms with van der Waals surface area (Å²) in [5.41, 5.74) is 0.555. The lowest BCUT2D eigenvalue weighted by molar-refractivity contribution is -0.152. The molecular weight excluding hydrogens is 454 g/mol. The first-order valence-corrected chi connectivity index (χ1v) is 11.4. The number of rotatable bonds is 9. The predicted molar refractivity (Wildman–Crippen MR) is 130 cm³/mol. The summed E-state index contributed by atoms with van der Waals surface area (Å²) in [6.45, 7) is 3.55.